The maximum Gasteiger partial charge on any atom is 0.219 e. The molecule has 0 atom stereocenters. The average molecular weight is 317 g/mol. The number of aliphatic hydroxyl groups excluding tert-OH is 1. The van der Waals surface area contributed by atoms with Crippen LogP contribution in [0.5, 0.6) is 5.75 Å². The summed E-state index contributed by atoms with van der Waals surface area (Å²) in [6.07, 6.45) is 1.51. The molecule has 0 unspecified atom stereocenters. The average Bonchev–Trinajstić information content (AvgIpc) is 3.00. The molecule has 1 aromatic carbocycles. The standard InChI is InChI=1S/C15H19N5O3/c1-3-17-13(16)14-18-15(20(19-14)10-23-9-8-21)11-4-6-12(22-2)7-5-11/h3-7,16,21H,8-10H2,1-2H3. The lowest BCUT2D eigenvalue weighted by Gasteiger charge is -2.07. The van der Waals surface area contributed by atoms with E-state index in [1.54, 1.807) is 14.0 Å². The number of methoxy groups -OCH3 is 1. The molecule has 0 aliphatic rings. The molecule has 23 heavy (non-hydrogen) atoms. The van der Waals surface area contributed by atoms with Crippen molar-refractivity contribution in [3.8, 4) is 17.1 Å². The van der Waals surface area contributed by atoms with Crippen molar-refractivity contribution in [3.05, 3.63) is 30.1 Å². The Kier molecular flexibility index (Phi) is 5.95. The van der Waals surface area contributed by atoms with Gasteiger partial charge in [-0.2, -0.15) is 0 Å². The summed E-state index contributed by atoms with van der Waals surface area (Å²) >= 11 is 0. The Hall–Kier alpha value is -2.58. The topological polar surface area (TPSA) is 106 Å². The third kappa shape index (κ3) is 4.21. The van der Waals surface area contributed by atoms with E-state index in [0.717, 1.165) is 11.3 Å². The summed E-state index contributed by atoms with van der Waals surface area (Å²) in [6.45, 7) is 1.97. The highest BCUT2D eigenvalue weighted by Gasteiger charge is 2.15. The number of aromatic nitrogens is 3. The molecule has 0 amide bonds. The number of benzene rings is 1. The van der Waals surface area contributed by atoms with Crippen LogP contribution in [-0.4, -0.2) is 52.2 Å². The van der Waals surface area contributed by atoms with E-state index in [1.165, 1.54) is 10.9 Å². The van der Waals surface area contributed by atoms with Crippen LogP contribution in [0.25, 0.3) is 11.4 Å². The van der Waals surface area contributed by atoms with Gasteiger partial charge in [0.25, 0.3) is 0 Å². The molecule has 8 heteroatoms. The third-order valence-corrected chi connectivity index (χ3v) is 2.94. The first-order valence-corrected chi connectivity index (χ1v) is 7.05. The molecule has 0 saturated heterocycles. The second-order valence-electron chi connectivity index (χ2n) is 4.48. The molecule has 8 nitrogen and oxygen atoms in total. The van der Waals surface area contributed by atoms with Crippen LogP contribution in [0.15, 0.2) is 29.3 Å². The summed E-state index contributed by atoms with van der Waals surface area (Å²) in [4.78, 5) is 8.25. The van der Waals surface area contributed by atoms with Crippen LogP contribution in [0, 0.1) is 5.41 Å². The van der Waals surface area contributed by atoms with Crippen molar-refractivity contribution in [2.45, 2.75) is 13.7 Å². The van der Waals surface area contributed by atoms with Gasteiger partial charge in [0.2, 0.25) is 5.82 Å². The zero-order valence-electron chi connectivity index (χ0n) is 13.1. The van der Waals surface area contributed by atoms with Crippen molar-refractivity contribution in [3.63, 3.8) is 0 Å². The predicted molar refractivity (Wildman–Crippen MR) is 86.0 cm³/mol. The van der Waals surface area contributed by atoms with Crippen molar-refractivity contribution < 1.29 is 14.6 Å². The SMILES string of the molecule is CC=NC(=N)c1nc(-c2ccc(OC)cc2)n(COCCO)n1. The molecule has 0 bridgehead atoms. The van der Waals surface area contributed by atoms with E-state index in [-0.39, 0.29) is 31.6 Å². The summed E-state index contributed by atoms with van der Waals surface area (Å²) in [5.41, 5.74) is 0.811. The lowest BCUT2D eigenvalue weighted by molar-refractivity contribution is 0.0426. The monoisotopic (exact) mass is 317 g/mol. The van der Waals surface area contributed by atoms with E-state index in [9.17, 15) is 0 Å². The van der Waals surface area contributed by atoms with Crippen molar-refractivity contribution >= 4 is 12.1 Å². The minimum Gasteiger partial charge on any atom is -0.497 e. The number of amidine groups is 1. The van der Waals surface area contributed by atoms with E-state index in [4.69, 9.17) is 20.0 Å². The van der Waals surface area contributed by atoms with E-state index in [2.05, 4.69) is 15.1 Å². The fourth-order valence-electron chi connectivity index (χ4n) is 1.89. The van der Waals surface area contributed by atoms with E-state index < -0.39 is 0 Å². The van der Waals surface area contributed by atoms with Crippen LogP contribution in [0.4, 0.5) is 0 Å². The van der Waals surface area contributed by atoms with E-state index in [0.29, 0.717) is 5.82 Å². The van der Waals surface area contributed by atoms with Gasteiger partial charge in [-0.3, -0.25) is 5.41 Å². The Morgan fingerprint density at radius 2 is 2.13 bits per heavy atom. The first kappa shape index (κ1) is 16.8. The minimum atomic E-state index is -0.0740. The van der Waals surface area contributed by atoms with Gasteiger partial charge in [-0.15, -0.1) is 5.10 Å². The first-order valence-electron chi connectivity index (χ1n) is 7.05. The highest BCUT2D eigenvalue weighted by molar-refractivity contribution is 5.97. The molecule has 0 spiro atoms. The number of aliphatic imine (C=N–C) groups is 1. The van der Waals surface area contributed by atoms with Crippen molar-refractivity contribution in [2.24, 2.45) is 4.99 Å². The number of aliphatic hydroxyl groups is 1. The Morgan fingerprint density at radius 3 is 2.74 bits per heavy atom. The summed E-state index contributed by atoms with van der Waals surface area (Å²) in [5.74, 6) is 1.47. The smallest absolute Gasteiger partial charge is 0.219 e. The number of rotatable bonds is 7. The van der Waals surface area contributed by atoms with Crippen LogP contribution >= 0.6 is 0 Å². The fourth-order valence-corrected chi connectivity index (χ4v) is 1.89. The van der Waals surface area contributed by atoms with E-state index >= 15 is 0 Å². The van der Waals surface area contributed by atoms with Gasteiger partial charge in [0.1, 0.15) is 12.5 Å². The molecule has 2 aromatic rings. The quantitative estimate of drug-likeness (QED) is 0.455. The largest absolute Gasteiger partial charge is 0.497 e. The molecule has 1 aromatic heterocycles. The molecule has 0 aliphatic heterocycles. The molecule has 122 valence electrons. The number of nitrogens with zero attached hydrogens (tertiary/aromatic N) is 4. The Morgan fingerprint density at radius 1 is 1.39 bits per heavy atom. The number of ether oxygens (including phenoxy) is 2. The van der Waals surface area contributed by atoms with Gasteiger partial charge in [-0.05, 0) is 31.2 Å². The van der Waals surface area contributed by atoms with Crippen LogP contribution in [-0.2, 0) is 11.5 Å². The van der Waals surface area contributed by atoms with Gasteiger partial charge in [0, 0.05) is 11.8 Å². The zero-order chi connectivity index (χ0) is 16.7. The molecule has 0 fully saturated rings. The van der Waals surface area contributed by atoms with Crippen LogP contribution in [0.3, 0.4) is 0 Å². The molecule has 0 aliphatic carbocycles. The van der Waals surface area contributed by atoms with Gasteiger partial charge >= 0.3 is 0 Å². The Bertz CT molecular complexity index is 679. The molecular formula is C15H19N5O3. The molecular weight excluding hydrogens is 298 g/mol. The van der Waals surface area contributed by atoms with Gasteiger partial charge in [0.05, 0.1) is 20.3 Å². The normalized spacial score (nSPS) is 11.1. The van der Waals surface area contributed by atoms with Crippen molar-refractivity contribution in [1.82, 2.24) is 14.8 Å². The molecule has 1 heterocycles. The first-order chi connectivity index (χ1) is 11.2. The molecule has 0 radical (unpaired) electrons. The Labute approximate surface area is 133 Å². The Balaban J connectivity index is 2.35. The lowest BCUT2D eigenvalue weighted by Crippen LogP contribution is -2.09. The molecule has 2 N–H and O–H groups in total. The fraction of sp³-hybridized carbons (Fsp3) is 0.333. The third-order valence-electron chi connectivity index (χ3n) is 2.94. The maximum absolute atomic E-state index is 8.81. The maximum atomic E-state index is 8.81. The minimum absolute atomic E-state index is 0.0248. The number of hydrogen-bond donors (Lipinski definition) is 2. The van der Waals surface area contributed by atoms with E-state index in [1.807, 2.05) is 24.3 Å². The second kappa shape index (κ2) is 8.16. The molecule has 0 saturated carbocycles. The predicted octanol–water partition coefficient (Wildman–Crippen LogP) is 1.34. The summed E-state index contributed by atoms with van der Waals surface area (Å²) in [7, 11) is 1.60. The van der Waals surface area contributed by atoms with Gasteiger partial charge in [0.15, 0.2) is 11.7 Å². The lowest BCUT2D eigenvalue weighted by atomic mass is 10.2. The summed E-state index contributed by atoms with van der Waals surface area (Å²) < 4.78 is 12.0. The van der Waals surface area contributed by atoms with Gasteiger partial charge < -0.3 is 14.6 Å². The summed E-state index contributed by atoms with van der Waals surface area (Å²) in [5, 5.41) is 20.9. The van der Waals surface area contributed by atoms with Gasteiger partial charge in [-0.25, -0.2) is 14.7 Å². The zero-order valence-corrected chi connectivity index (χ0v) is 13.1. The molecule has 2 rings (SSSR count). The number of hydrogen-bond acceptors (Lipinski definition) is 6. The highest BCUT2D eigenvalue weighted by Crippen LogP contribution is 2.21. The summed E-state index contributed by atoms with van der Waals surface area (Å²) in [6, 6.07) is 7.33. The van der Waals surface area contributed by atoms with Crippen molar-refractivity contribution in [2.75, 3.05) is 20.3 Å². The number of nitrogens with one attached hydrogen (secondary N) is 1. The van der Waals surface area contributed by atoms with Crippen LogP contribution in [0.1, 0.15) is 12.7 Å². The van der Waals surface area contributed by atoms with Crippen LogP contribution in [0.2, 0.25) is 0 Å². The van der Waals surface area contributed by atoms with Crippen molar-refractivity contribution in [1.29, 1.82) is 5.41 Å². The van der Waals surface area contributed by atoms with Gasteiger partial charge in [-0.1, -0.05) is 0 Å². The second-order valence-corrected chi connectivity index (χ2v) is 4.48. The van der Waals surface area contributed by atoms with Crippen LogP contribution < -0.4 is 4.74 Å². The highest BCUT2D eigenvalue weighted by atomic mass is 16.5.